The van der Waals surface area contributed by atoms with Crippen molar-refractivity contribution in [2.75, 3.05) is 72.2 Å². The molecule has 0 aliphatic carbocycles. The van der Waals surface area contributed by atoms with E-state index in [0.29, 0.717) is 50.0 Å². The molecule has 0 radical (unpaired) electrons. The van der Waals surface area contributed by atoms with Gasteiger partial charge in [0.15, 0.2) is 0 Å². The summed E-state index contributed by atoms with van der Waals surface area (Å²) in [6, 6.07) is 11.2. The summed E-state index contributed by atoms with van der Waals surface area (Å²) in [7, 11) is 12.0. The number of nitrogens with one attached hydrogen (secondary N) is 12. The maximum atomic E-state index is 13.4. The second-order valence-electron chi connectivity index (χ2n) is 38.6. The normalized spacial score (nSPS) is 28.3. The van der Waals surface area contributed by atoms with Gasteiger partial charge in [0.1, 0.15) is 122 Å². The Morgan fingerprint density at radius 3 is 0.699 bits per heavy atom. The van der Waals surface area contributed by atoms with E-state index >= 15 is 0 Å². The molecule has 8 heterocycles. The zero-order chi connectivity index (χ0) is 107. The van der Waals surface area contributed by atoms with Crippen molar-refractivity contribution in [2.45, 2.75) is 259 Å². The molecule has 12 N–H and O–H groups in total. The van der Waals surface area contributed by atoms with E-state index in [-0.39, 0.29) is 159 Å². The standard InChI is InChI=1S/2C27H35N3O6S2.2C24H37N3O6S2/c2*1-17(2)21-14-19(31)13-20-10-6-7-11-37-38-16-23(30-25(21)33)27(35)29-22(12-18-8-4-3-5-9-18)26(34)28-15-24(32)36-20;2*1-14(2)9-19-23(31)25-12-21(29)33-17-7-5-6-8-34-35-13-20(24(32)26-19)27-22(30)18(15(3)4)11-16(28)10-17/h2*3-6,8-10,17,20-23H,7,11-16H2,1-2H3,(H,28,34)(H,29,35)(H,30,33);2*5,7,14-15,17-20H,6,8-13H2,1-4H3,(H,25,31)(H,26,32)(H,27,30)/b2*10-6+;2*7-5+/t20?,21-,22+,23-;20?,21-,22-,23-;17?,18-,19+,20-;17?,18-,19-,20-/m1111/s1. The fourth-order valence-corrected chi connectivity index (χ4v) is 24.5. The molecule has 8 aliphatic rings. The first-order chi connectivity index (χ1) is 69.6. The number of esters is 4. The van der Waals surface area contributed by atoms with Crippen molar-refractivity contribution in [1.29, 1.82) is 0 Å². The van der Waals surface area contributed by atoms with Crippen LogP contribution in [0.15, 0.2) is 109 Å². The van der Waals surface area contributed by atoms with E-state index in [1.165, 1.54) is 43.2 Å². The predicted molar refractivity (Wildman–Crippen MR) is 571 cm³/mol. The van der Waals surface area contributed by atoms with Crippen LogP contribution in [0.3, 0.4) is 0 Å². The van der Waals surface area contributed by atoms with Crippen LogP contribution in [-0.4, -0.2) is 263 Å². The van der Waals surface area contributed by atoms with Crippen molar-refractivity contribution in [3.05, 3.63) is 120 Å². The van der Waals surface area contributed by atoms with Gasteiger partial charge in [-0.2, -0.15) is 0 Å². The van der Waals surface area contributed by atoms with E-state index in [4.69, 9.17) is 18.9 Å². The van der Waals surface area contributed by atoms with Crippen LogP contribution < -0.4 is 63.8 Å². The van der Waals surface area contributed by atoms with Crippen molar-refractivity contribution in [3.63, 3.8) is 0 Å². The van der Waals surface area contributed by atoms with Gasteiger partial charge >= 0.3 is 23.9 Å². The molecular weight excluding hydrogens is 2030 g/mol. The van der Waals surface area contributed by atoms with Gasteiger partial charge in [0.25, 0.3) is 0 Å². The highest BCUT2D eigenvalue weighted by molar-refractivity contribution is 8.77. The number of carbonyl (C=O) groups excluding carboxylic acids is 20. The molecule has 0 spiro atoms. The lowest BCUT2D eigenvalue weighted by Crippen LogP contribution is -2.56. The fraction of sp³-hybridized carbons (Fsp3) is 0.608. The summed E-state index contributed by atoms with van der Waals surface area (Å²) in [5.41, 5.74) is 1.65. The zero-order valence-corrected chi connectivity index (χ0v) is 91.5. The van der Waals surface area contributed by atoms with Crippen molar-refractivity contribution in [3.8, 4) is 0 Å². The largest absolute Gasteiger partial charge is 0.456 e. The lowest BCUT2D eigenvalue weighted by atomic mass is 9.88. The minimum Gasteiger partial charge on any atom is -0.456 e. The Bertz CT molecular complexity index is 4580. The van der Waals surface area contributed by atoms with E-state index in [2.05, 4.69) is 63.8 Å². The number of rotatable bonds is 12. The van der Waals surface area contributed by atoms with E-state index < -0.39 is 192 Å². The van der Waals surface area contributed by atoms with Crippen LogP contribution in [0.25, 0.3) is 0 Å². The van der Waals surface area contributed by atoms with Gasteiger partial charge in [-0.25, -0.2) is 0 Å². The van der Waals surface area contributed by atoms with Crippen molar-refractivity contribution in [1.82, 2.24) is 63.8 Å². The number of ketones is 4. The summed E-state index contributed by atoms with van der Waals surface area (Å²) in [5, 5.41) is 32.6. The lowest BCUT2D eigenvalue weighted by molar-refractivity contribution is -0.149. The highest BCUT2D eigenvalue weighted by atomic mass is 33.1. The number of benzene rings is 2. The maximum absolute atomic E-state index is 13.4. The Hall–Kier alpha value is -9.60. The van der Waals surface area contributed by atoms with Gasteiger partial charge in [0, 0.05) is 134 Å². The van der Waals surface area contributed by atoms with E-state index in [0.717, 1.165) is 34.1 Å². The summed E-state index contributed by atoms with van der Waals surface area (Å²) in [4.78, 5) is 260. The first-order valence-corrected chi connectivity index (χ1v) is 59.6. The molecular formula is C102H144N12O24S8. The molecule has 804 valence electrons. The van der Waals surface area contributed by atoms with Gasteiger partial charge in [-0.05, 0) is 109 Å². The Balaban J connectivity index is 0.000000264. The van der Waals surface area contributed by atoms with Gasteiger partial charge in [0.05, 0.1) is 0 Å². The maximum Gasteiger partial charge on any atom is 0.326 e. The smallest absolute Gasteiger partial charge is 0.326 e. The number of ether oxygens (including phenoxy) is 4. The van der Waals surface area contributed by atoms with Gasteiger partial charge in [-0.3, -0.25) is 95.9 Å². The number of Topliss-reactive ketones (excluding diaryl/α,β-unsaturated/α-hetero) is 4. The van der Waals surface area contributed by atoms with Crippen LogP contribution >= 0.6 is 86.4 Å². The molecule has 10 rings (SSSR count). The van der Waals surface area contributed by atoms with Crippen LogP contribution in [0.2, 0.25) is 0 Å². The van der Waals surface area contributed by atoms with Crippen LogP contribution in [0, 0.1) is 59.2 Å². The Kier molecular flexibility index (Phi) is 55.8. The third-order valence-electron chi connectivity index (χ3n) is 24.0. The molecule has 8 aliphatic heterocycles. The fourth-order valence-electron chi connectivity index (χ4n) is 15.9. The molecule has 0 saturated carbocycles. The topological polar surface area (TPSA) is 523 Å². The first-order valence-electron chi connectivity index (χ1n) is 49.7. The molecule has 2 aromatic rings. The third kappa shape index (κ3) is 46.7. The van der Waals surface area contributed by atoms with Crippen LogP contribution in [0.5, 0.6) is 0 Å². The molecule has 4 unspecified atom stereocenters. The second-order valence-corrected chi connectivity index (χ2v) is 49.1. The summed E-state index contributed by atoms with van der Waals surface area (Å²) >= 11 is 0. The lowest BCUT2D eigenvalue weighted by Gasteiger charge is -2.27. The van der Waals surface area contributed by atoms with Gasteiger partial charge in [-0.15, -0.1) is 0 Å². The molecule has 2 aromatic carbocycles. The monoisotopic (exact) mass is 2180 g/mol. The average Bonchev–Trinajstić information content (AvgIpc) is 1.000. The molecule has 8 bridgehead atoms. The molecule has 4 saturated heterocycles. The van der Waals surface area contributed by atoms with Crippen LogP contribution in [0.1, 0.15) is 184 Å². The number of fused-ring (bicyclic) bond motifs is 28. The molecule has 44 heteroatoms. The quantitative estimate of drug-likeness (QED) is 0.0410. The Morgan fingerprint density at radius 2 is 0.479 bits per heavy atom. The molecule has 12 amide bonds. The van der Waals surface area contributed by atoms with Crippen molar-refractivity contribution < 1.29 is 115 Å². The first kappa shape index (κ1) is 123. The Labute approximate surface area is 886 Å². The summed E-state index contributed by atoms with van der Waals surface area (Å²) in [6.45, 7) is 20.9. The highest BCUT2D eigenvalue weighted by Crippen LogP contribution is 2.32. The van der Waals surface area contributed by atoms with E-state index in [1.807, 2.05) is 168 Å². The van der Waals surface area contributed by atoms with Gasteiger partial charge in [-0.1, -0.05) is 254 Å². The Morgan fingerprint density at radius 1 is 0.260 bits per heavy atom. The average molecular weight is 2180 g/mol. The van der Waals surface area contributed by atoms with Crippen LogP contribution in [-0.2, 0) is 128 Å². The SMILES string of the molecule is CC(C)C[C@@H]1NC(=O)[C@H]2CSSCC/C=C/C(CC(=O)C[C@H](C(C)C)C(=O)N2)OC(=O)CNC1=O.CC(C)C[C@H]1NC(=O)[C@H]2CSSCC/C=C/C(CC(=O)C[C@H](C(C)C)C(=O)N2)OC(=O)CNC1=O.CC(C)[C@H]1CC(=O)CC2/C=C/CCSSC[C@@H](NC1=O)C(=O)N[C@@H](Cc1ccccc1)C(=O)NCC(=O)O2.CC(C)[C@H]1CC(=O)CC2/C=C/CCSSC[C@@H](NC1=O)C(=O)N[C@H](Cc1ccccc1)C(=O)NCC(=O)O2. The zero-order valence-electron chi connectivity index (χ0n) is 85.0. The molecule has 146 heavy (non-hydrogen) atoms. The number of amides is 12. The second kappa shape index (κ2) is 66.1. The predicted octanol–water partition coefficient (Wildman–Crippen LogP) is 8.42. The van der Waals surface area contributed by atoms with Crippen molar-refractivity contribution >= 4 is 204 Å². The minimum atomic E-state index is -0.975. The van der Waals surface area contributed by atoms with E-state index in [9.17, 15) is 95.9 Å². The van der Waals surface area contributed by atoms with Gasteiger partial charge < -0.3 is 82.7 Å². The number of allylic oxidation sites excluding steroid dienone is 4. The summed E-state index contributed by atoms with van der Waals surface area (Å²) in [6.07, 6.45) is 14.5. The number of hydrogen-bond acceptors (Lipinski definition) is 32. The van der Waals surface area contributed by atoms with Gasteiger partial charge in [0.2, 0.25) is 70.9 Å². The summed E-state index contributed by atoms with van der Waals surface area (Å²) < 4.78 is 22.0. The molecule has 4 fully saturated rings. The molecule has 16 atom stereocenters. The minimum absolute atomic E-state index is 0.0195. The third-order valence-corrected chi connectivity index (χ3v) is 33.8. The number of hydrogen-bond donors (Lipinski definition) is 12. The molecule has 36 nitrogen and oxygen atoms in total. The summed E-state index contributed by atoms with van der Waals surface area (Å²) in [5.74, 6) is -8.08. The van der Waals surface area contributed by atoms with E-state index in [1.54, 1.807) is 67.5 Å². The highest BCUT2D eigenvalue weighted by Gasteiger charge is 2.40. The molecule has 0 aromatic heterocycles. The van der Waals surface area contributed by atoms with Crippen LogP contribution in [0.4, 0.5) is 0 Å². The van der Waals surface area contributed by atoms with Crippen molar-refractivity contribution in [2.24, 2.45) is 59.2 Å². The number of carbonyl (C=O) groups is 20.